The van der Waals surface area contributed by atoms with Crippen molar-refractivity contribution in [2.45, 2.75) is 0 Å². The molecule has 4 aromatic carbocycles. The maximum atomic E-state index is 5.97. The van der Waals surface area contributed by atoms with Gasteiger partial charge in [0.05, 0.1) is 18.2 Å². The summed E-state index contributed by atoms with van der Waals surface area (Å²) >= 11 is 0. The zero-order chi connectivity index (χ0) is 21.9. The highest BCUT2D eigenvalue weighted by atomic mass is 16.5. The molecule has 5 aromatic rings. The summed E-state index contributed by atoms with van der Waals surface area (Å²) in [4.78, 5) is 9.22. The zero-order valence-corrected chi connectivity index (χ0v) is 17.6. The molecular formula is C27H20BN3O. The van der Waals surface area contributed by atoms with Gasteiger partial charge in [0.15, 0.2) is 0 Å². The van der Waals surface area contributed by atoms with Gasteiger partial charge in [-0.3, -0.25) is 0 Å². The van der Waals surface area contributed by atoms with E-state index >= 15 is 0 Å². The number of benzene rings is 4. The number of ether oxygens (including phenoxy) is 1. The molecule has 0 unspecified atom stereocenters. The lowest BCUT2D eigenvalue weighted by Crippen LogP contribution is -2.04. The Morgan fingerprint density at radius 2 is 1.50 bits per heavy atom. The number of anilines is 2. The second-order valence-electron chi connectivity index (χ2n) is 7.43. The molecule has 0 amide bonds. The number of rotatable bonds is 5. The van der Waals surface area contributed by atoms with Crippen LogP contribution >= 0.6 is 0 Å². The third-order valence-electron chi connectivity index (χ3n) is 5.38. The van der Waals surface area contributed by atoms with Crippen molar-refractivity contribution >= 4 is 35.7 Å². The Labute approximate surface area is 188 Å². The third kappa shape index (κ3) is 3.69. The molecule has 0 aliphatic carbocycles. The van der Waals surface area contributed by atoms with Crippen LogP contribution in [0.15, 0.2) is 97.3 Å². The van der Waals surface area contributed by atoms with E-state index in [1.165, 1.54) is 0 Å². The Balaban J connectivity index is 1.82. The minimum atomic E-state index is 0.685. The summed E-state index contributed by atoms with van der Waals surface area (Å²) in [7, 11) is 7.68. The molecular weight excluding hydrogens is 393 g/mol. The lowest BCUT2D eigenvalue weighted by molar-refractivity contribution is 0.418. The van der Waals surface area contributed by atoms with Crippen molar-refractivity contribution in [2.75, 3.05) is 12.4 Å². The second kappa shape index (κ2) is 8.56. The smallest absolute Gasteiger partial charge is 0.141 e. The fourth-order valence-corrected chi connectivity index (χ4v) is 3.95. The molecule has 0 aliphatic rings. The predicted octanol–water partition coefficient (Wildman–Crippen LogP) is 5.51. The predicted molar refractivity (Wildman–Crippen MR) is 132 cm³/mol. The van der Waals surface area contributed by atoms with Crippen molar-refractivity contribution in [3.05, 3.63) is 97.3 Å². The van der Waals surface area contributed by atoms with Crippen molar-refractivity contribution in [3.63, 3.8) is 0 Å². The summed E-state index contributed by atoms with van der Waals surface area (Å²) in [6.07, 6.45) is 1.57. The van der Waals surface area contributed by atoms with E-state index in [4.69, 9.17) is 12.6 Å². The summed E-state index contributed by atoms with van der Waals surface area (Å²) in [6, 6.07) is 30.1. The molecule has 0 spiro atoms. The number of hydrogen-bond acceptors (Lipinski definition) is 4. The molecule has 152 valence electrons. The molecule has 0 saturated heterocycles. The fourth-order valence-electron chi connectivity index (χ4n) is 3.95. The number of nitrogens with one attached hydrogen (secondary N) is 1. The summed E-state index contributed by atoms with van der Waals surface area (Å²) in [5.74, 6) is 1.49. The van der Waals surface area contributed by atoms with E-state index in [0.717, 1.165) is 44.6 Å². The maximum absolute atomic E-state index is 5.97. The van der Waals surface area contributed by atoms with Gasteiger partial charge in [-0.15, -0.1) is 0 Å². The van der Waals surface area contributed by atoms with Crippen LogP contribution < -0.4 is 15.5 Å². The molecule has 0 atom stereocenters. The van der Waals surface area contributed by atoms with Crippen LogP contribution in [0.1, 0.15) is 0 Å². The molecule has 0 bridgehead atoms. The maximum Gasteiger partial charge on any atom is 0.141 e. The largest absolute Gasteiger partial charge is 0.495 e. The number of aromatic nitrogens is 2. The summed E-state index contributed by atoms with van der Waals surface area (Å²) < 4.78 is 5.97. The van der Waals surface area contributed by atoms with Crippen LogP contribution in [0.3, 0.4) is 0 Å². The van der Waals surface area contributed by atoms with E-state index in [2.05, 4.69) is 45.6 Å². The van der Waals surface area contributed by atoms with Gasteiger partial charge in [-0.05, 0) is 29.3 Å². The monoisotopic (exact) mass is 413 g/mol. The lowest BCUT2D eigenvalue weighted by atomic mass is 9.94. The van der Waals surface area contributed by atoms with Crippen LogP contribution in [-0.2, 0) is 0 Å². The van der Waals surface area contributed by atoms with Gasteiger partial charge in [-0.1, -0.05) is 78.3 Å². The van der Waals surface area contributed by atoms with E-state index in [0.29, 0.717) is 11.3 Å². The first-order valence-electron chi connectivity index (χ1n) is 10.3. The van der Waals surface area contributed by atoms with Crippen molar-refractivity contribution in [2.24, 2.45) is 0 Å². The molecule has 5 heteroatoms. The van der Waals surface area contributed by atoms with Crippen molar-refractivity contribution in [3.8, 4) is 28.0 Å². The molecule has 1 heterocycles. The van der Waals surface area contributed by atoms with Gasteiger partial charge in [0.25, 0.3) is 0 Å². The van der Waals surface area contributed by atoms with Crippen LogP contribution in [0.5, 0.6) is 5.75 Å². The molecule has 2 radical (unpaired) electrons. The first-order valence-corrected chi connectivity index (χ1v) is 10.3. The van der Waals surface area contributed by atoms with Crippen LogP contribution in [0.4, 0.5) is 11.5 Å². The zero-order valence-electron chi connectivity index (χ0n) is 17.6. The van der Waals surface area contributed by atoms with E-state index in [-0.39, 0.29) is 0 Å². The summed E-state index contributed by atoms with van der Waals surface area (Å²) in [6.45, 7) is 0. The van der Waals surface area contributed by atoms with E-state index < -0.39 is 0 Å². The van der Waals surface area contributed by atoms with Crippen molar-refractivity contribution in [1.29, 1.82) is 0 Å². The SMILES string of the molecule is [B]c1cccc(Nc2ncnc3c(-c4ccccc4)c(OC)c(-c4ccccc4)cc23)c1. The van der Waals surface area contributed by atoms with E-state index in [1.54, 1.807) is 13.4 Å². The molecule has 0 aliphatic heterocycles. The van der Waals surface area contributed by atoms with Crippen LogP contribution in [0, 0.1) is 0 Å². The van der Waals surface area contributed by atoms with Gasteiger partial charge in [0.2, 0.25) is 0 Å². The van der Waals surface area contributed by atoms with Crippen LogP contribution in [0.2, 0.25) is 0 Å². The number of nitrogens with zero attached hydrogens (tertiary/aromatic N) is 2. The molecule has 1 aromatic heterocycles. The molecule has 0 saturated carbocycles. The minimum absolute atomic E-state index is 0.685. The highest BCUT2D eigenvalue weighted by Crippen LogP contribution is 2.44. The first-order chi connectivity index (χ1) is 15.7. The Hall–Kier alpha value is -4.12. The molecule has 1 N–H and O–H groups in total. The summed E-state index contributed by atoms with van der Waals surface area (Å²) in [5.41, 5.74) is 6.36. The Kier molecular flexibility index (Phi) is 5.30. The van der Waals surface area contributed by atoms with E-state index in [9.17, 15) is 0 Å². The van der Waals surface area contributed by atoms with Gasteiger partial charge in [0, 0.05) is 16.6 Å². The average molecular weight is 413 g/mol. The quantitative estimate of drug-likeness (QED) is 0.386. The highest BCUT2D eigenvalue weighted by Gasteiger charge is 2.20. The van der Waals surface area contributed by atoms with Crippen LogP contribution in [-0.4, -0.2) is 24.9 Å². The Morgan fingerprint density at radius 1 is 0.781 bits per heavy atom. The van der Waals surface area contributed by atoms with Crippen molar-refractivity contribution < 1.29 is 4.74 Å². The van der Waals surface area contributed by atoms with Gasteiger partial charge in [-0.25, -0.2) is 9.97 Å². The normalized spacial score (nSPS) is 10.8. The molecule has 4 nitrogen and oxygen atoms in total. The number of fused-ring (bicyclic) bond motifs is 1. The van der Waals surface area contributed by atoms with E-state index in [1.807, 2.05) is 60.7 Å². The molecule has 32 heavy (non-hydrogen) atoms. The van der Waals surface area contributed by atoms with Gasteiger partial charge in [0.1, 0.15) is 25.7 Å². The Morgan fingerprint density at radius 3 is 2.19 bits per heavy atom. The fraction of sp³-hybridized carbons (Fsp3) is 0.0370. The Bertz CT molecular complexity index is 1390. The lowest BCUT2D eigenvalue weighted by Gasteiger charge is -2.18. The number of hydrogen-bond donors (Lipinski definition) is 1. The average Bonchev–Trinajstić information content (AvgIpc) is 2.84. The van der Waals surface area contributed by atoms with Gasteiger partial charge < -0.3 is 10.1 Å². The number of methoxy groups -OCH3 is 1. The molecule has 0 fully saturated rings. The molecule has 5 rings (SSSR count). The standard InChI is InChI=1S/C27H20BN3O/c1-32-26-22(18-9-4-2-5-10-18)16-23-25(24(26)19-11-6-3-7-12-19)29-17-30-27(23)31-21-14-8-13-20(28)15-21/h2-17H,1H3,(H,29,30,31). The first kappa shape index (κ1) is 19.8. The highest BCUT2D eigenvalue weighted by molar-refractivity contribution is 6.32. The minimum Gasteiger partial charge on any atom is -0.495 e. The van der Waals surface area contributed by atoms with Crippen LogP contribution in [0.25, 0.3) is 33.2 Å². The summed E-state index contributed by atoms with van der Waals surface area (Å²) in [5, 5.41) is 4.31. The second-order valence-corrected chi connectivity index (χ2v) is 7.43. The third-order valence-corrected chi connectivity index (χ3v) is 5.38. The topological polar surface area (TPSA) is 47.0 Å². The van der Waals surface area contributed by atoms with Gasteiger partial charge in [-0.2, -0.15) is 0 Å². The van der Waals surface area contributed by atoms with Crippen molar-refractivity contribution in [1.82, 2.24) is 9.97 Å². The van der Waals surface area contributed by atoms with Gasteiger partial charge >= 0.3 is 0 Å².